The summed E-state index contributed by atoms with van der Waals surface area (Å²) in [6.07, 6.45) is 4.03. The number of halogens is 1. The van der Waals surface area contributed by atoms with Crippen molar-refractivity contribution >= 4 is 17.4 Å². The molecule has 2 rings (SSSR count). The summed E-state index contributed by atoms with van der Waals surface area (Å²) in [5.74, 6) is 0.750. The molecule has 1 aliphatic rings. The van der Waals surface area contributed by atoms with Gasteiger partial charge in [0.05, 0.1) is 13.3 Å². The van der Waals surface area contributed by atoms with Gasteiger partial charge >= 0.3 is 6.01 Å². The quantitative estimate of drug-likeness (QED) is 0.883. The zero-order chi connectivity index (χ0) is 13.0. The van der Waals surface area contributed by atoms with Crippen molar-refractivity contribution in [3.05, 3.63) is 11.2 Å². The molecule has 0 bridgehead atoms. The van der Waals surface area contributed by atoms with Gasteiger partial charge in [0.15, 0.2) is 5.82 Å². The lowest BCUT2D eigenvalue weighted by Gasteiger charge is -2.26. The Labute approximate surface area is 113 Å². The van der Waals surface area contributed by atoms with E-state index in [1.807, 2.05) is 0 Å². The number of hydrogen-bond acceptors (Lipinski definition) is 5. The second-order valence-corrected chi connectivity index (χ2v) is 4.77. The second-order valence-electron chi connectivity index (χ2n) is 4.36. The lowest BCUT2D eigenvalue weighted by atomic mass is 10.2. The average molecular weight is 271 g/mol. The van der Waals surface area contributed by atoms with Gasteiger partial charge in [0.2, 0.25) is 0 Å². The predicted octanol–water partition coefficient (Wildman–Crippen LogP) is 1.72. The van der Waals surface area contributed by atoms with Crippen LogP contribution in [0.3, 0.4) is 0 Å². The summed E-state index contributed by atoms with van der Waals surface area (Å²) in [4.78, 5) is 10.5. The van der Waals surface area contributed by atoms with Gasteiger partial charge in [-0.3, -0.25) is 0 Å². The van der Waals surface area contributed by atoms with E-state index in [2.05, 4.69) is 27.1 Å². The monoisotopic (exact) mass is 270 g/mol. The van der Waals surface area contributed by atoms with E-state index in [9.17, 15) is 0 Å². The molecule has 2 heterocycles. The van der Waals surface area contributed by atoms with Gasteiger partial charge in [-0.1, -0.05) is 11.6 Å². The molecule has 5 nitrogen and oxygen atoms in total. The van der Waals surface area contributed by atoms with Crippen LogP contribution < -0.4 is 15.0 Å². The maximum atomic E-state index is 6.17. The number of aromatic nitrogens is 2. The first kappa shape index (κ1) is 13.4. The van der Waals surface area contributed by atoms with Crippen molar-refractivity contribution in [3.63, 3.8) is 0 Å². The first-order valence-electron chi connectivity index (χ1n) is 6.29. The smallest absolute Gasteiger partial charge is 0.318 e. The minimum atomic E-state index is 0.354. The van der Waals surface area contributed by atoms with Crippen molar-refractivity contribution in [3.8, 4) is 6.01 Å². The fourth-order valence-corrected chi connectivity index (χ4v) is 2.42. The first-order valence-corrected chi connectivity index (χ1v) is 6.67. The minimum Gasteiger partial charge on any atom is -0.467 e. The van der Waals surface area contributed by atoms with E-state index in [0.29, 0.717) is 17.1 Å². The summed E-state index contributed by atoms with van der Waals surface area (Å²) in [7, 11) is 1.56. The van der Waals surface area contributed by atoms with Crippen molar-refractivity contribution in [1.82, 2.24) is 15.3 Å². The van der Waals surface area contributed by atoms with Crippen molar-refractivity contribution in [2.24, 2.45) is 0 Å². The van der Waals surface area contributed by atoms with Crippen molar-refractivity contribution in [2.45, 2.75) is 25.8 Å². The van der Waals surface area contributed by atoms with E-state index in [1.54, 1.807) is 13.3 Å². The molecule has 0 amide bonds. The number of methoxy groups -OCH3 is 1. The summed E-state index contributed by atoms with van der Waals surface area (Å²) in [6.45, 7) is 4.97. The zero-order valence-electron chi connectivity index (χ0n) is 10.8. The Morgan fingerprint density at radius 2 is 2.44 bits per heavy atom. The molecule has 0 saturated carbocycles. The van der Waals surface area contributed by atoms with Gasteiger partial charge < -0.3 is 15.0 Å². The van der Waals surface area contributed by atoms with Crippen LogP contribution in [0.2, 0.25) is 5.02 Å². The third-order valence-corrected chi connectivity index (χ3v) is 3.44. The van der Waals surface area contributed by atoms with Gasteiger partial charge in [-0.05, 0) is 26.3 Å². The van der Waals surface area contributed by atoms with Crippen LogP contribution in [0.25, 0.3) is 0 Å². The molecule has 1 aromatic rings. The SMILES string of the molecule is CCN(CC1CCCN1)c1nc(OC)ncc1Cl. The van der Waals surface area contributed by atoms with E-state index in [1.165, 1.54) is 12.8 Å². The number of ether oxygens (including phenoxy) is 1. The van der Waals surface area contributed by atoms with Crippen molar-refractivity contribution in [2.75, 3.05) is 31.6 Å². The first-order chi connectivity index (χ1) is 8.74. The van der Waals surface area contributed by atoms with E-state index in [4.69, 9.17) is 16.3 Å². The molecule has 1 saturated heterocycles. The van der Waals surface area contributed by atoms with Crippen LogP contribution in [-0.2, 0) is 0 Å². The van der Waals surface area contributed by atoms with Gasteiger partial charge in [-0.25, -0.2) is 4.98 Å². The highest BCUT2D eigenvalue weighted by atomic mass is 35.5. The molecule has 1 aromatic heterocycles. The molecule has 18 heavy (non-hydrogen) atoms. The van der Waals surface area contributed by atoms with Crippen LogP contribution in [0.4, 0.5) is 5.82 Å². The Bertz CT molecular complexity index is 396. The number of anilines is 1. The maximum Gasteiger partial charge on any atom is 0.318 e. The van der Waals surface area contributed by atoms with Gasteiger partial charge in [-0.2, -0.15) is 4.98 Å². The van der Waals surface area contributed by atoms with Gasteiger partial charge in [0.25, 0.3) is 0 Å². The fraction of sp³-hybridized carbons (Fsp3) is 0.667. The fourth-order valence-electron chi connectivity index (χ4n) is 2.21. The van der Waals surface area contributed by atoms with Crippen LogP contribution in [0.1, 0.15) is 19.8 Å². The molecule has 1 atom stereocenters. The number of nitrogens with zero attached hydrogens (tertiary/aromatic N) is 3. The zero-order valence-corrected chi connectivity index (χ0v) is 11.6. The topological polar surface area (TPSA) is 50.3 Å². The van der Waals surface area contributed by atoms with E-state index in [0.717, 1.165) is 25.5 Å². The average Bonchev–Trinajstić information content (AvgIpc) is 2.90. The molecule has 6 heteroatoms. The molecule has 0 aliphatic carbocycles. The van der Waals surface area contributed by atoms with Gasteiger partial charge in [-0.15, -0.1) is 0 Å². The lowest BCUT2D eigenvalue weighted by Crippen LogP contribution is -2.38. The molecular formula is C12H19ClN4O. The maximum absolute atomic E-state index is 6.17. The Hall–Kier alpha value is -1.07. The molecule has 1 fully saturated rings. The van der Waals surface area contributed by atoms with Crippen LogP contribution in [0.5, 0.6) is 6.01 Å². The predicted molar refractivity (Wildman–Crippen MR) is 72.5 cm³/mol. The standard InChI is InChI=1S/C12H19ClN4O/c1-3-17(8-9-5-4-6-14-9)11-10(13)7-15-12(16-11)18-2/h7,9,14H,3-6,8H2,1-2H3. The summed E-state index contributed by atoms with van der Waals surface area (Å²) >= 11 is 6.17. The third-order valence-electron chi connectivity index (χ3n) is 3.17. The molecule has 100 valence electrons. The van der Waals surface area contributed by atoms with E-state index >= 15 is 0 Å². The van der Waals surface area contributed by atoms with Crippen LogP contribution in [-0.4, -0.2) is 42.8 Å². The molecule has 0 aromatic carbocycles. The van der Waals surface area contributed by atoms with Crippen LogP contribution >= 0.6 is 11.6 Å². The van der Waals surface area contributed by atoms with Crippen LogP contribution in [0, 0.1) is 0 Å². The Kier molecular flexibility index (Phi) is 4.60. The highest BCUT2D eigenvalue weighted by Crippen LogP contribution is 2.25. The summed E-state index contributed by atoms with van der Waals surface area (Å²) < 4.78 is 5.05. The van der Waals surface area contributed by atoms with Crippen LogP contribution in [0.15, 0.2) is 6.20 Å². The molecule has 1 unspecified atom stereocenters. The summed E-state index contributed by atoms with van der Waals surface area (Å²) in [5.41, 5.74) is 0. The van der Waals surface area contributed by atoms with Gasteiger partial charge in [0, 0.05) is 19.1 Å². The second kappa shape index (κ2) is 6.20. The van der Waals surface area contributed by atoms with Crippen molar-refractivity contribution in [1.29, 1.82) is 0 Å². The molecule has 0 spiro atoms. The largest absolute Gasteiger partial charge is 0.467 e. The number of nitrogens with one attached hydrogen (secondary N) is 1. The molecule has 1 N–H and O–H groups in total. The van der Waals surface area contributed by atoms with Crippen molar-refractivity contribution < 1.29 is 4.74 Å². The van der Waals surface area contributed by atoms with E-state index in [-0.39, 0.29) is 0 Å². The summed E-state index contributed by atoms with van der Waals surface area (Å²) in [5, 5.41) is 4.05. The Morgan fingerprint density at radius 1 is 1.61 bits per heavy atom. The number of likely N-dealkylation sites (N-methyl/N-ethyl adjacent to an activating group) is 1. The minimum absolute atomic E-state index is 0.354. The Balaban J connectivity index is 2.14. The summed E-state index contributed by atoms with van der Waals surface area (Å²) in [6, 6.07) is 0.870. The highest BCUT2D eigenvalue weighted by molar-refractivity contribution is 6.32. The number of rotatable bonds is 5. The molecular weight excluding hydrogens is 252 g/mol. The third kappa shape index (κ3) is 3.03. The number of hydrogen-bond donors (Lipinski definition) is 1. The molecule has 1 aliphatic heterocycles. The van der Waals surface area contributed by atoms with E-state index < -0.39 is 0 Å². The lowest BCUT2D eigenvalue weighted by molar-refractivity contribution is 0.379. The molecule has 0 radical (unpaired) electrons. The normalized spacial score (nSPS) is 18.9. The highest BCUT2D eigenvalue weighted by Gasteiger charge is 2.20. The Morgan fingerprint density at radius 3 is 3.06 bits per heavy atom. The van der Waals surface area contributed by atoms with Gasteiger partial charge in [0.1, 0.15) is 5.02 Å².